The first-order chi connectivity index (χ1) is 8.46. The molecule has 1 heterocycles. The van der Waals surface area contributed by atoms with Crippen molar-refractivity contribution in [3.8, 4) is 0 Å². The molecule has 0 aliphatic carbocycles. The van der Waals surface area contributed by atoms with Crippen molar-refractivity contribution in [1.82, 2.24) is 9.78 Å². The van der Waals surface area contributed by atoms with Crippen LogP contribution in [0.2, 0.25) is 0 Å². The lowest BCUT2D eigenvalue weighted by Gasteiger charge is -2.27. The molecule has 0 aliphatic rings. The Bertz CT molecular complexity index is 555. The van der Waals surface area contributed by atoms with Gasteiger partial charge in [-0.25, -0.2) is 0 Å². The highest BCUT2D eigenvalue weighted by Gasteiger charge is 2.30. The fourth-order valence-corrected chi connectivity index (χ4v) is 2.40. The summed E-state index contributed by atoms with van der Waals surface area (Å²) in [6.07, 6.45) is 1.73. The van der Waals surface area contributed by atoms with Crippen LogP contribution in [0.1, 0.15) is 36.2 Å². The van der Waals surface area contributed by atoms with E-state index in [9.17, 15) is 5.11 Å². The molecule has 0 spiro atoms. The van der Waals surface area contributed by atoms with Gasteiger partial charge in [0.1, 0.15) is 5.60 Å². The summed E-state index contributed by atoms with van der Waals surface area (Å²) in [6.45, 7) is 8.67. The molecule has 96 valence electrons. The molecule has 1 atom stereocenters. The van der Waals surface area contributed by atoms with Crippen molar-refractivity contribution in [2.75, 3.05) is 0 Å². The van der Waals surface area contributed by atoms with E-state index >= 15 is 0 Å². The molecule has 3 nitrogen and oxygen atoms in total. The van der Waals surface area contributed by atoms with Crippen LogP contribution in [0.4, 0.5) is 0 Å². The van der Waals surface area contributed by atoms with Crippen LogP contribution in [-0.4, -0.2) is 14.9 Å². The molecule has 0 bridgehead atoms. The minimum Gasteiger partial charge on any atom is -0.379 e. The average molecular weight is 244 g/mol. The summed E-state index contributed by atoms with van der Waals surface area (Å²) in [7, 11) is 0. The molecule has 1 N–H and O–H groups in total. The number of nitrogens with zero attached hydrogens (tertiary/aromatic N) is 2. The van der Waals surface area contributed by atoms with E-state index in [0.29, 0.717) is 0 Å². The van der Waals surface area contributed by atoms with Gasteiger partial charge in [-0.05, 0) is 44.9 Å². The first-order valence-corrected chi connectivity index (χ1v) is 6.29. The van der Waals surface area contributed by atoms with E-state index in [1.165, 1.54) is 0 Å². The van der Waals surface area contributed by atoms with Crippen LogP contribution >= 0.6 is 0 Å². The second kappa shape index (κ2) is 4.58. The number of aryl methyl sites for hydroxylation is 3. The maximum absolute atomic E-state index is 10.9. The number of hydrogen-bond donors (Lipinski definition) is 1. The zero-order valence-electron chi connectivity index (χ0n) is 11.4. The molecule has 2 rings (SSSR count). The molecule has 0 saturated carbocycles. The Morgan fingerprint density at radius 1 is 1.28 bits per heavy atom. The van der Waals surface area contributed by atoms with Gasteiger partial charge in [0.2, 0.25) is 0 Å². The normalized spacial score (nSPS) is 14.5. The summed E-state index contributed by atoms with van der Waals surface area (Å²) >= 11 is 0. The average Bonchev–Trinajstić information content (AvgIpc) is 2.81. The van der Waals surface area contributed by atoms with Gasteiger partial charge in [0.05, 0.1) is 5.69 Å². The topological polar surface area (TPSA) is 38.0 Å². The number of hydrogen-bond acceptors (Lipinski definition) is 2. The summed E-state index contributed by atoms with van der Waals surface area (Å²) in [4.78, 5) is 0. The third-order valence-corrected chi connectivity index (χ3v) is 3.43. The van der Waals surface area contributed by atoms with Gasteiger partial charge in [-0.15, -0.1) is 0 Å². The summed E-state index contributed by atoms with van der Waals surface area (Å²) < 4.78 is 1.84. The third-order valence-electron chi connectivity index (χ3n) is 3.43. The van der Waals surface area contributed by atoms with Crippen LogP contribution in [0.25, 0.3) is 0 Å². The van der Waals surface area contributed by atoms with Gasteiger partial charge in [0.15, 0.2) is 0 Å². The zero-order valence-corrected chi connectivity index (χ0v) is 11.4. The highest BCUT2D eigenvalue weighted by Crippen LogP contribution is 2.31. The van der Waals surface area contributed by atoms with Crippen molar-refractivity contribution in [3.05, 3.63) is 52.8 Å². The predicted octanol–water partition coefficient (Wildman–Crippen LogP) is 2.78. The maximum atomic E-state index is 10.9. The summed E-state index contributed by atoms with van der Waals surface area (Å²) in [5, 5.41) is 15.1. The molecule has 2 aromatic rings. The molecular weight excluding hydrogens is 224 g/mol. The van der Waals surface area contributed by atoms with Crippen LogP contribution in [0.15, 0.2) is 30.5 Å². The van der Waals surface area contributed by atoms with Gasteiger partial charge in [0, 0.05) is 12.7 Å². The van der Waals surface area contributed by atoms with Crippen molar-refractivity contribution in [2.24, 2.45) is 0 Å². The quantitative estimate of drug-likeness (QED) is 0.901. The lowest BCUT2D eigenvalue weighted by atomic mass is 9.88. The molecular formula is C15H20N2O. The summed E-state index contributed by atoms with van der Waals surface area (Å²) in [6, 6.07) is 8.03. The lowest BCUT2D eigenvalue weighted by molar-refractivity contribution is 0.0910. The second-order valence-corrected chi connectivity index (χ2v) is 4.92. The minimum atomic E-state index is -1.01. The summed E-state index contributed by atoms with van der Waals surface area (Å²) in [5.41, 5.74) is 3.01. The van der Waals surface area contributed by atoms with Crippen LogP contribution in [0.3, 0.4) is 0 Å². The first-order valence-electron chi connectivity index (χ1n) is 6.29. The minimum absolute atomic E-state index is 0.753. The Labute approximate surface area is 108 Å². The van der Waals surface area contributed by atoms with Gasteiger partial charge < -0.3 is 5.11 Å². The van der Waals surface area contributed by atoms with Crippen LogP contribution in [-0.2, 0) is 12.1 Å². The highest BCUT2D eigenvalue weighted by atomic mass is 16.3. The van der Waals surface area contributed by atoms with Crippen molar-refractivity contribution < 1.29 is 5.11 Å². The molecule has 1 aromatic heterocycles. The molecule has 0 aliphatic heterocycles. The van der Waals surface area contributed by atoms with Crippen molar-refractivity contribution >= 4 is 0 Å². The standard InChI is InChI=1S/C15H20N2O/c1-5-17-14(8-9-16-17)15(4,18)13-10-11(2)6-7-12(13)3/h6-10,18H,5H2,1-4H3. The van der Waals surface area contributed by atoms with E-state index in [-0.39, 0.29) is 0 Å². The Kier molecular flexibility index (Phi) is 3.26. The van der Waals surface area contributed by atoms with Crippen molar-refractivity contribution in [2.45, 2.75) is 39.8 Å². The molecule has 3 heteroatoms. The van der Waals surface area contributed by atoms with E-state index in [4.69, 9.17) is 0 Å². The van der Waals surface area contributed by atoms with E-state index in [1.54, 1.807) is 6.20 Å². The van der Waals surface area contributed by atoms with E-state index < -0.39 is 5.60 Å². The molecule has 0 radical (unpaired) electrons. The van der Waals surface area contributed by atoms with E-state index in [0.717, 1.165) is 28.9 Å². The Morgan fingerprint density at radius 2 is 2.00 bits per heavy atom. The highest BCUT2D eigenvalue weighted by molar-refractivity contribution is 5.39. The van der Waals surface area contributed by atoms with Gasteiger partial charge >= 0.3 is 0 Å². The molecule has 18 heavy (non-hydrogen) atoms. The van der Waals surface area contributed by atoms with Crippen molar-refractivity contribution in [3.63, 3.8) is 0 Å². The number of aliphatic hydroxyl groups is 1. The molecule has 0 amide bonds. The Hall–Kier alpha value is -1.61. The number of rotatable bonds is 3. The van der Waals surface area contributed by atoms with Gasteiger partial charge in [0.25, 0.3) is 0 Å². The number of aromatic nitrogens is 2. The van der Waals surface area contributed by atoms with E-state index in [1.807, 2.05) is 50.6 Å². The zero-order chi connectivity index (χ0) is 13.3. The Balaban J connectivity index is 2.57. The summed E-state index contributed by atoms with van der Waals surface area (Å²) in [5.74, 6) is 0. The van der Waals surface area contributed by atoms with Gasteiger partial charge in [-0.1, -0.05) is 23.8 Å². The van der Waals surface area contributed by atoms with Crippen LogP contribution in [0.5, 0.6) is 0 Å². The fourth-order valence-electron chi connectivity index (χ4n) is 2.40. The first kappa shape index (κ1) is 12.8. The molecule has 0 fully saturated rings. The van der Waals surface area contributed by atoms with Gasteiger partial charge in [-0.2, -0.15) is 5.10 Å². The molecule has 1 unspecified atom stereocenters. The monoisotopic (exact) mass is 244 g/mol. The Morgan fingerprint density at radius 3 is 2.67 bits per heavy atom. The van der Waals surface area contributed by atoms with Crippen LogP contribution in [0, 0.1) is 13.8 Å². The van der Waals surface area contributed by atoms with E-state index in [2.05, 4.69) is 11.2 Å². The lowest BCUT2D eigenvalue weighted by Crippen LogP contribution is -2.27. The predicted molar refractivity (Wildman–Crippen MR) is 72.5 cm³/mol. The SMILES string of the molecule is CCn1nccc1C(C)(O)c1cc(C)ccc1C. The van der Waals surface area contributed by atoms with Crippen LogP contribution < -0.4 is 0 Å². The van der Waals surface area contributed by atoms with Crippen molar-refractivity contribution in [1.29, 1.82) is 0 Å². The van der Waals surface area contributed by atoms with Gasteiger partial charge in [-0.3, -0.25) is 4.68 Å². The fraction of sp³-hybridized carbons (Fsp3) is 0.400. The third kappa shape index (κ3) is 2.06. The number of benzene rings is 1. The smallest absolute Gasteiger partial charge is 0.129 e. The maximum Gasteiger partial charge on any atom is 0.129 e. The largest absolute Gasteiger partial charge is 0.379 e. The molecule has 0 saturated heterocycles. The molecule has 1 aromatic carbocycles. The second-order valence-electron chi connectivity index (χ2n) is 4.92.